The molecule has 0 saturated carbocycles. The summed E-state index contributed by atoms with van der Waals surface area (Å²) < 4.78 is 32.4. The average Bonchev–Trinajstić information content (AvgIpc) is 2.97. The molecule has 8 nitrogen and oxygen atoms in total. The van der Waals surface area contributed by atoms with Gasteiger partial charge in [-0.05, 0) is 77.9 Å². The molecule has 212 valence electrons. The van der Waals surface area contributed by atoms with E-state index in [-0.39, 0.29) is 22.6 Å². The standard InChI is InChI=1S/C32H26F2N4O4/c1-38(2)27-14-12-21(13-15-27)17-29(36-30(39)23-7-4-9-25(33)18-23)31(40)37-35-20-22-6-3-11-28(16-22)42-32(41)24-8-5-10-26(34)19-24/h3-20H,1-2H3,(H,36,39)(H,37,40)/b29-17-,35-20+. The van der Waals surface area contributed by atoms with Crippen LogP contribution >= 0.6 is 0 Å². The molecule has 10 heteroatoms. The number of halogens is 2. The Kier molecular flexibility index (Phi) is 9.52. The van der Waals surface area contributed by atoms with E-state index in [1.807, 2.05) is 31.1 Å². The van der Waals surface area contributed by atoms with Crippen LogP contribution in [0.3, 0.4) is 0 Å². The lowest BCUT2D eigenvalue weighted by Crippen LogP contribution is -2.32. The van der Waals surface area contributed by atoms with Gasteiger partial charge in [-0.15, -0.1) is 0 Å². The van der Waals surface area contributed by atoms with Crippen molar-refractivity contribution in [1.29, 1.82) is 0 Å². The largest absolute Gasteiger partial charge is 0.423 e. The van der Waals surface area contributed by atoms with Gasteiger partial charge in [-0.2, -0.15) is 5.10 Å². The molecule has 0 bridgehead atoms. The summed E-state index contributed by atoms with van der Waals surface area (Å²) in [5.74, 6) is -3.13. The molecule has 0 heterocycles. The van der Waals surface area contributed by atoms with Gasteiger partial charge in [0.2, 0.25) is 0 Å². The topological polar surface area (TPSA) is 100 Å². The van der Waals surface area contributed by atoms with Crippen LogP contribution in [0.2, 0.25) is 0 Å². The fraction of sp³-hybridized carbons (Fsp3) is 0.0625. The highest BCUT2D eigenvalue weighted by Crippen LogP contribution is 2.16. The summed E-state index contributed by atoms with van der Waals surface area (Å²) in [6.45, 7) is 0. The fourth-order valence-corrected chi connectivity index (χ4v) is 3.68. The van der Waals surface area contributed by atoms with Crippen LogP contribution in [-0.4, -0.2) is 38.1 Å². The lowest BCUT2D eigenvalue weighted by molar-refractivity contribution is -0.117. The van der Waals surface area contributed by atoms with Gasteiger partial charge in [0.15, 0.2) is 0 Å². The Morgan fingerprint density at radius 3 is 2.10 bits per heavy atom. The maximum atomic E-state index is 13.7. The molecule has 2 amide bonds. The van der Waals surface area contributed by atoms with Gasteiger partial charge >= 0.3 is 5.97 Å². The predicted octanol–water partition coefficient (Wildman–Crippen LogP) is 5.17. The first kappa shape index (κ1) is 29.3. The van der Waals surface area contributed by atoms with Crippen molar-refractivity contribution in [2.45, 2.75) is 0 Å². The fourth-order valence-electron chi connectivity index (χ4n) is 3.68. The third-order valence-corrected chi connectivity index (χ3v) is 5.81. The van der Waals surface area contributed by atoms with Gasteiger partial charge in [0.1, 0.15) is 23.1 Å². The van der Waals surface area contributed by atoms with E-state index in [9.17, 15) is 23.2 Å². The number of nitrogens with zero attached hydrogens (tertiary/aromatic N) is 2. The number of hydrogen-bond acceptors (Lipinski definition) is 6. The first-order valence-corrected chi connectivity index (χ1v) is 12.6. The minimum absolute atomic E-state index is 0.0322. The molecule has 0 aliphatic heterocycles. The monoisotopic (exact) mass is 568 g/mol. The summed E-state index contributed by atoms with van der Waals surface area (Å²) in [6.07, 6.45) is 2.78. The van der Waals surface area contributed by atoms with Crippen molar-refractivity contribution in [3.63, 3.8) is 0 Å². The minimum Gasteiger partial charge on any atom is -0.423 e. The Labute approximate surface area is 240 Å². The molecule has 0 spiro atoms. The van der Waals surface area contributed by atoms with E-state index in [0.717, 1.165) is 17.8 Å². The third kappa shape index (κ3) is 8.18. The molecule has 0 saturated heterocycles. The maximum absolute atomic E-state index is 13.7. The smallest absolute Gasteiger partial charge is 0.343 e. The molecule has 0 aromatic heterocycles. The van der Waals surface area contributed by atoms with E-state index < -0.39 is 29.4 Å². The number of hydrogen-bond donors (Lipinski definition) is 2. The summed E-state index contributed by atoms with van der Waals surface area (Å²) in [7, 11) is 3.79. The van der Waals surface area contributed by atoms with Crippen LogP contribution in [-0.2, 0) is 4.79 Å². The van der Waals surface area contributed by atoms with E-state index in [1.165, 1.54) is 60.8 Å². The Balaban J connectivity index is 1.49. The second kappa shape index (κ2) is 13.6. The second-order valence-electron chi connectivity index (χ2n) is 9.18. The molecule has 4 aromatic carbocycles. The van der Waals surface area contributed by atoms with E-state index in [4.69, 9.17) is 4.74 Å². The molecule has 2 N–H and O–H groups in total. The van der Waals surface area contributed by atoms with Gasteiger partial charge < -0.3 is 15.0 Å². The van der Waals surface area contributed by atoms with Crippen LogP contribution in [0, 0.1) is 11.6 Å². The zero-order valence-electron chi connectivity index (χ0n) is 22.7. The van der Waals surface area contributed by atoms with Crippen molar-refractivity contribution in [3.05, 3.63) is 137 Å². The van der Waals surface area contributed by atoms with Crippen LogP contribution < -0.4 is 20.4 Å². The molecular weight excluding hydrogens is 542 g/mol. The average molecular weight is 569 g/mol. The van der Waals surface area contributed by atoms with Crippen LogP contribution in [0.4, 0.5) is 14.5 Å². The normalized spacial score (nSPS) is 11.2. The Morgan fingerprint density at radius 1 is 0.786 bits per heavy atom. The highest BCUT2D eigenvalue weighted by atomic mass is 19.1. The number of carbonyl (C=O) groups excluding carboxylic acids is 3. The zero-order chi connectivity index (χ0) is 30.1. The first-order valence-electron chi connectivity index (χ1n) is 12.6. The highest BCUT2D eigenvalue weighted by molar-refractivity contribution is 6.05. The SMILES string of the molecule is CN(C)c1ccc(/C=C(\NC(=O)c2cccc(F)c2)C(=O)N/N=C/c2cccc(OC(=O)c3cccc(F)c3)c2)cc1. The van der Waals surface area contributed by atoms with Crippen molar-refractivity contribution >= 4 is 35.8 Å². The van der Waals surface area contributed by atoms with Crippen molar-refractivity contribution in [1.82, 2.24) is 10.7 Å². The molecule has 0 radical (unpaired) electrons. The molecule has 4 aromatic rings. The van der Waals surface area contributed by atoms with Gasteiger partial charge in [-0.25, -0.2) is 19.0 Å². The maximum Gasteiger partial charge on any atom is 0.343 e. The predicted molar refractivity (Wildman–Crippen MR) is 156 cm³/mol. The molecule has 0 atom stereocenters. The number of anilines is 1. The number of amides is 2. The lowest BCUT2D eigenvalue weighted by atomic mass is 10.1. The number of benzene rings is 4. The zero-order valence-corrected chi connectivity index (χ0v) is 22.7. The Hall–Kier alpha value is -5.64. The van der Waals surface area contributed by atoms with Crippen LogP contribution in [0.25, 0.3) is 6.08 Å². The second-order valence-corrected chi connectivity index (χ2v) is 9.18. The quantitative estimate of drug-likeness (QED) is 0.0954. The van der Waals surface area contributed by atoms with E-state index in [0.29, 0.717) is 11.1 Å². The van der Waals surface area contributed by atoms with Crippen molar-refractivity contribution in [2.24, 2.45) is 5.10 Å². The molecule has 0 aliphatic rings. The number of rotatable bonds is 9. The van der Waals surface area contributed by atoms with E-state index in [1.54, 1.807) is 24.3 Å². The van der Waals surface area contributed by atoms with Crippen LogP contribution in [0.5, 0.6) is 5.75 Å². The molecule has 42 heavy (non-hydrogen) atoms. The Bertz CT molecular complexity index is 1670. The summed E-state index contributed by atoms with van der Waals surface area (Å²) in [5.41, 5.74) is 4.36. The van der Waals surface area contributed by atoms with Gasteiger partial charge in [-0.3, -0.25) is 9.59 Å². The third-order valence-electron chi connectivity index (χ3n) is 5.81. The van der Waals surface area contributed by atoms with Crippen molar-refractivity contribution in [2.75, 3.05) is 19.0 Å². The van der Waals surface area contributed by atoms with Crippen molar-refractivity contribution in [3.8, 4) is 5.75 Å². The van der Waals surface area contributed by atoms with Crippen molar-refractivity contribution < 1.29 is 27.9 Å². The molecular formula is C32H26F2N4O4. The lowest BCUT2D eigenvalue weighted by Gasteiger charge is -2.12. The number of nitrogens with one attached hydrogen (secondary N) is 2. The number of carbonyl (C=O) groups is 3. The summed E-state index contributed by atoms with van der Waals surface area (Å²) in [6, 6.07) is 23.8. The van der Waals surface area contributed by atoms with Crippen LogP contribution in [0.15, 0.2) is 108 Å². The van der Waals surface area contributed by atoms with Crippen LogP contribution in [0.1, 0.15) is 31.8 Å². The number of ether oxygens (including phenoxy) is 1. The Morgan fingerprint density at radius 2 is 1.43 bits per heavy atom. The summed E-state index contributed by atoms with van der Waals surface area (Å²) >= 11 is 0. The minimum atomic E-state index is -0.737. The van der Waals surface area contributed by atoms with Gasteiger partial charge in [-0.1, -0.05) is 36.4 Å². The summed E-state index contributed by atoms with van der Waals surface area (Å²) in [5, 5.41) is 6.47. The number of hydrazone groups is 1. The molecule has 4 rings (SSSR count). The molecule has 0 unspecified atom stereocenters. The highest BCUT2D eigenvalue weighted by Gasteiger charge is 2.15. The van der Waals surface area contributed by atoms with Gasteiger partial charge in [0.05, 0.1) is 11.8 Å². The molecule has 0 fully saturated rings. The van der Waals surface area contributed by atoms with E-state index >= 15 is 0 Å². The van der Waals surface area contributed by atoms with E-state index in [2.05, 4.69) is 15.8 Å². The summed E-state index contributed by atoms with van der Waals surface area (Å²) in [4.78, 5) is 40.1. The first-order chi connectivity index (χ1) is 20.2. The van der Waals surface area contributed by atoms with Gasteiger partial charge in [0, 0.05) is 25.3 Å². The molecule has 0 aliphatic carbocycles. The van der Waals surface area contributed by atoms with Gasteiger partial charge in [0.25, 0.3) is 11.8 Å². The number of esters is 1.